The fourth-order valence-corrected chi connectivity index (χ4v) is 8.80. The van der Waals surface area contributed by atoms with Crippen LogP contribution in [-0.2, 0) is 44.8 Å². The van der Waals surface area contributed by atoms with E-state index in [1.807, 2.05) is 0 Å². The SMILES string of the molecule is [Au].[Au].c1ccc(P(CCP(c2ccccc2)c2ccccc2)c2ccccc2)cc1. The summed E-state index contributed by atoms with van der Waals surface area (Å²) in [5.41, 5.74) is 0. The first kappa shape index (κ1) is 25.5. The summed E-state index contributed by atoms with van der Waals surface area (Å²) < 4.78 is 0. The molecule has 0 amide bonds. The second-order valence-electron chi connectivity index (χ2n) is 6.65. The molecule has 0 saturated heterocycles. The van der Waals surface area contributed by atoms with E-state index in [9.17, 15) is 0 Å². The van der Waals surface area contributed by atoms with Crippen molar-refractivity contribution in [2.24, 2.45) is 0 Å². The van der Waals surface area contributed by atoms with Crippen LogP contribution in [0.2, 0.25) is 0 Å². The Bertz CT molecular complexity index is 803. The van der Waals surface area contributed by atoms with Gasteiger partial charge in [-0.3, -0.25) is 0 Å². The van der Waals surface area contributed by atoms with Crippen LogP contribution in [0, 0.1) is 0 Å². The molecule has 4 aromatic carbocycles. The van der Waals surface area contributed by atoms with E-state index in [4.69, 9.17) is 0 Å². The quantitative estimate of drug-likeness (QED) is 0.178. The van der Waals surface area contributed by atoms with Crippen LogP contribution in [0.15, 0.2) is 121 Å². The monoisotopic (exact) mass is 792 g/mol. The average Bonchev–Trinajstić information content (AvgIpc) is 2.79. The second kappa shape index (κ2) is 13.6. The molecule has 4 rings (SSSR count). The topological polar surface area (TPSA) is 0 Å². The summed E-state index contributed by atoms with van der Waals surface area (Å²) in [5, 5.41) is 5.89. The van der Waals surface area contributed by atoms with Crippen molar-refractivity contribution >= 4 is 37.1 Å². The first-order valence-corrected chi connectivity index (χ1v) is 12.7. The third-order valence-corrected chi connectivity index (χ3v) is 10.2. The van der Waals surface area contributed by atoms with E-state index in [0.29, 0.717) is 0 Å². The zero-order valence-corrected chi connectivity index (χ0v) is 22.6. The minimum Gasteiger partial charge on any atom is -0.0622 e. The van der Waals surface area contributed by atoms with E-state index in [1.165, 1.54) is 33.5 Å². The van der Waals surface area contributed by atoms with E-state index in [1.54, 1.807) is 0 Å². The smallest absolute Gasteiger partial charge is 0 e. The molecule has 0 nitrogen and oxygen atoms in total. The number of hydrogen-bond acceptors (Lipinski definition) is 0. The molecule has 30 heavy (non-hydrogen) atoms. The van der Waals surface area contributed by atoms with Gasteiger partial charge in [0.25, 0.3) is 0 Å². The zero-order valence-electron chi connectivity index (χ0n) is 16.5. The third kappa shape index (κ3) is 6.86. The minimum atomic E-state index is -0.348. The van der Waals surface area contributed by atoms with Gasteiger partial charge in [0, 0.05) is 44.8 Å². The predicted octanol–water partition coefficient (Wildman–Crippen LogP) is 5.25. The molecule has 2 radical (unpaired) electrons. The van der Waals surface area contributed by atoms with E-state index in [-0.39, 0.29) is 60.6 Å². The van der Waals surface area contributed by atoms with Gasteiger partial charge >= 0.3 is 0 Å². The van der Waals surface area contributed by atoms with Gasteiger partial charge in [0.05, 0.1) is 0 Å². The molecule has 0 aliphatic carbocycles. The molecule has 4 aromatic rings. The molecular weight excluding hydrogens is 768 g/mol. The van der Waals surface area contributed by atoms with Crippen LogP contribution in [-0.4, -0.2) is 12.3 Å². The summed E-state index contributed by atoms with van der Waals surface area (Å²) in [6.07, 6.45) is 2.41. The van der Waals surface area contributed by atoms with Gasteiger partial charge < -0.3 is 0 Å². The first-order valence-electron chi connectivity index (χ1n) is 9.67. The zero-order chi connectivity index (χ0) is 19.0. The van der Waals surface area contributed by atoms with Gasteiger partial charge in [-0.15, -0.1) is 0 Å². The summed E-state index contributed by atoms with van der Waals surface area (Å²) in [5.74, 6) is 0. The Morgan fingerprint density at radius 1 is 0.333 bits per heavy atom. The summed E-state index contributed by atoms with van der Waals surface area (Å²) >= 11 is 0. The van der Waals surface area contributed by atoms with Gasteiger partial charge in [-0.1, -0.05) is 121 Å². The molecule has 4 heteroatoms. The largest absolute Gasteiger partial charge is 0.0622 e. The van der Waals surface area contributed by atoms with E-state index < -0.39 is 0 Å². The van der Waals surface area contributed by atoms with Crippen LogP contribution in [0.5, 0.6) is 0 Å². The number of hydrogen-bond donors (Lipinski definition) is 0. The normalized spacial score (nSPS) is 10.3. The van der Waals surface area contributed by atoms with Gasteiger partial charge in [-0.05, 0) is 49.4 Å². The molecule has 0 aliphatic heterocycles. The third-order valence-electron chi connectivity index (χ3n) is 4.82. The van der Waals surface area contributed by atoms with Gasteiger partial charge in [0.2, 0.25) is 0 Å². The van der Waals surface area contributed by atoms with Crippen molar-refractivity contribution in [3.8, 4) is 0 Å². The van der Waals surface area contributed by atoms with Crippen LogP contribution in [0.3, 0.4) is 0 Å². The first-order chi connectivity index (χ1) is 13.9. The molecule has 0 bridgehead atoms. The molecule has 0 N–H and O–H groups in total. The molecule has 0 aromatic heterocycles. The molecule has 160 valence electrons. The maximum Gasteiger partial charge on any atom is 0 e. The Hall–Kier alpha value is -0.779. The molecule has 0 spiro atoms. The standard InChI is InChI=1S/C26H24P2.2Au/c1-5-13-23(14-6-1)27(24-15-7-2-8-16-24)21-22-28(25-17-9-3-10-18-25)26-19-11-4-12-20-26;;/h1-20H,21-22H2;;. The minimum absolute atomic E-state index is 0. The Morgan fingerprint density at radius 3 is 0.733 bits per heavy atom. The van der Waals surface area contributed by atoms with Crippen molar-refractivity contribution in [1.82, 2.24) is 0 Å². The molecule has 0 aliphatic rings. The van der Waals surface area contributed by atoms with Crippen LogP contribution in [0.25, 0.3) is 0 Å². The Labute approximate surface area is 214 Å². The van der Waals surface area contributed by atoms with Crippen LogP contribution in [0.1, 0.15) is 0 Å². The van der Waals surface area contributed by atoms with Crippen molar-refractivity contribution < 1.29 is 44.8 Å². The van der Waals surface area contributed by atoms with Crippen molar-refractivity contribution in [1.29, 1.82) is 0 Å². The van der Waals surface area contributed by atoms with E-state index in [2.05, 4.69) is 121 Å². The summed E-state index contributed by atoms with van der Waals surface area (Å²) in [4.78, 5) is 0. The molecule has 0 saturated carbocycles. The predicted molar refractivity (Wildman–Crippen MR) is 128 cm³/mol. The Morgan fingerprint density at radius 2 is 0.533 bits per heavy atom. The molecule has 0 unspecified atom stereocenters. The Kier molecular flexibility index (Phi) is 11.5. The Balaban J connectivity index is 0.00000160. The number of benzene rings is 4. The summed E-state index contributed by atoms with van der Waals surface area (Å²) in [6, 6.07) is 44.2. The van der Waals surface area contributed by atoms with E-state index in [0.717, 1.165) is 0 Å². The maximum absolute atomic E-state index is 2.30. The van der Waals surface area contributed by atoms with Gasteiger partial charge in [0.15, 0.2) is 0 Å². The van der Waals surface area contributed by atoms with Crippen molar-refractivity contribution in [3.05, 3.63) is 121 Å². The van der Waals surface area contributed by atoms with Gasteiger partial charge in [0.1, 0.15) is 0 Å². The summed E-state index contributed by atoms with van der Waals surface area (Å²) in [7, 11) is -0.696. The van der Waals surface area contributed by atoms with E-state index >= 15 is 0 Å². The van der Waals surface area contributed by atoms with Crippen LogP contribution < -0.4 is 21.2 Å². The molecule has 0 atom stereocenters. The number of rotatable bonds is 7. The van der Waals surface area contributed by atoms with Crippen molar-refractivity contribution in [2.75, 3.05) is 12.3 Å². The van der Waals surface area contributed by atoms with Gasteiger partial charge in [-0.2, -0.15) is 0 Å². The van der Waals surface area contributed by atoms with Crippen LogP contribution in [0.4, 0.5) is 0 Å². The maximum atomic E-state index is 2.30. The summed E-state index contributed by atoms with van der Waals surface area (Å²) in [6.45, 7) is 0. The van der Waals surface area contributed by atoms with Crippen molar-refractivity contribution in [2.45, 2.75) is 0 Å². The molecule has 0 heterocycles. The average molecular weight is 792 g/mol. The van der Waals surface area contributed by atoms with Crippen molar-refractivity contribution in [3.63, 3.8) is 0 Å². The molecule has 0 fully saturated rings. The molecular formula is C26H24Au2P2. The fourth-order valence-electron chi connectivity index (χ4n) is 3.45. The fraction of sp³-hybridized carbons (Fsp3) is 0.0769. The second-order valence-corrected chi connectivity index (χ2v) is 11.3. The van der Waals surface area contributed by atoms with Crippen LogP contribution >= 0.6 is 15.8 Å². The van der Waals surface area contributed by atoms with Gasteiger partial charge in [-0.25, -0.2) is 0 Å².